The van der Waals surface area contributed by atoms with Gasteiger partial charge in [0.15, 0.2) is 0 Å². The molecule has 1 aromatic carbocycles. The average molecular weight is 260 g/mol. The van der Waals surface area contributed by atoms with Crippen molar-refractivity contribution < 1.29 is 0 Å². The molecule has 19 heavy (non-hydrogen) atoms. The van der Waals surface area contributed by atoms with Gasteiger partial charge in [-0.3, -0.25) is 4.90 Å². The van der Waals surface area contributed by atoms with Crippen LogP contribution < -0.4 is 5.73 Å². The van der Waals surface area contributed by atoms with E-state index >= 15 is 0 Å². The number of hydrogen-bond acceptors (Lipinski definition) is 2. The van der Waals surface area contributed by atoms with Gasteiger partial charge in [0.05, 0.1) is 0 Å². The zero-order valence-corrected chi connectivity index (χ0v) is 12.3. The van der Waals surface area contributed by atoms with Crippen LogP contribution in [0.3, 0.4) is 0 Å². The lowest BCUT2D eigenvalue weighted by Crippen LogP contribution is -2.43. The number of benzene rings is 1. The van der Waals surface area contributed by atoms with E-state index in [1.54, 1.807) is 0 Å². The van der Waals surface area contributed by atoms with Crippen LogP contribution >= 0.6 is 0 Å². The Morgan fingerprint density at radius 2 is 1.79 bits per heavy atom. The van der Waals surface area contributed by atoms with E-state index in [1.165, 1.54) is 37.7 Å². The molecule has 2 nitrogen and oxygen atoms in total. The van der Waals surface area contributed by atoms with E-state index in [4.69, 9.17) is 5.73 Å². The molecule has 2 rings (SSSR count). The molecule has 2 N–H and O–H groups in total. The highest BCUT2D eigenvalue weighted by molar-refractivity contribution is 5.14. The van der Waals surface area contributed by atoms with E-state index < -0.39 is 0 Å². The van der Waals surface area contributed by atoms with Crippen LogP contribution in [0.1, 0.15) is 44.6 Å². The van der Waals surface area contributed by atoms with E-state index in [-0.39, 0.29) is 0 Å². The Kier molecular flexibility index (Phi) is 5.41. The predicted molar refractivity (Wildman–Crippen MR) is 82.0 cm³/mol. The molecule has 0 saturated heterocycles. The first-order chi connectivity index (χ1) is 9.28. The second-order valence-electron chi connectivity index (χ2n) is 6.05. The van der Waals surface area contributed by atoms with Crippen molar-refractivity contribution >= 4 is 0 Å². The van der Waals surface area contributed by atoms with Crippen LogP contribution in [0.4, 0.5) is 0 Å². The van der Waals surface area contributed by atoms with Gasteiger partial charge in [-0.05, 0) is 36.9 Å². The minimum atomic E-state index is 0.378. The van der Waals surface area contributed by atoms with E-state index in [9.17, 15) is 0 Å². The van der Waals surface area contributed by atoms with E-state index in [0.29, 0.717) is 5.41 Å². The lowest BCUT2D eigenvalue weighted by molar-refractivity contribution is 0.110. The summed E-state index contributed by atoms with van der Waals surface area (Å²) in [6.07, 6.45) is 6.75. The molecule has 2 heteroatoms. The molecule has 1 aliphatic rings. The molecule has 1 fully saturated rings. The van der Waals surface area contributed by atoms with Crippen LogP contribution in [0.2, 0.25) is 0 Å². The fourth-order valence-corrected chi connectivity index (χ4v) is 3.32. The summed E-state index contributed by atoms with van der Waals surface area (Å²) in [7, 11) is 0. The first-order valence-electron chi connectivity index (χ1n) is 7.74. The van der Waals surface area contributed by atoms with E-state index in [0.717, 1.165) is 26.2 Å². The van der Waals surface area contributed by atoms with Gasteiger partial charge in [-0.1, -0.05) is 56.5 Å². The van der Waals surface area contributed by atoms with Gasteiger partial charge in [0.25, 0.3) is 0 Å². The van der Waals surface area contributed by atoms with Crippen molar-refractivity contribution in [1.29, 1.82) is 0 Å². The highest BCUT2D eigenvalue weighted by Crippen LogP contribution is 2.36. The van der Waals surface area contributed by atoms with E-state index in [1.807, 2.05) is 0 Å². The number of hydrogen-bond donors (Lipinski definition) is 1. The summed E-state index contributed by atoms with van der Waals surface area (Å²) in [6, 6.07) is 10.8. The maximum atomic E-state index is 6.11. The molecule has 1 saturated carbocycles. The Balaban J connectivity index is 1.97. The first-order valence-corrected chi connectivity index (χ1v) is 7.74. The monoisotopic (exact) mass is 260 g/mol. The van der Waals surface area contributed by atoms with E-state index in [2.05, 4.69) is 42.2 Å². The first kappa shape index (κ1) is 14.5. The van der Waals surface area contributed by atoms with Crippen LogP contribution in [-0.2, 0) is 6.54 Å². The maximum absolute atomic E-state index is 6.11. The van der Waals surface area contributed by atoms with Crippen molar-refractivity contribution in [1.82, 2.24) is 4.90 Å². The predicted octanol–water partition coefficient (Wildman–Crippen LogP) is 3.42. The van der Waals surface area contributed by atoms with Crippen LogP contribution in [0.25, 0.3) is 0 Å². The summed E-state index contributed by atoms with van der Waals surface area (Å²) in [5, 5.41) is 0. The van der Waals surface area contributed by atoms with Gasteiger partial charge >= 0.3 is 0 Å². The van der Waals surface area contributed by atoms with Crippen molar-refractivity contribution in [2.75, 3.05) is 19.6 Å². The van der Waals surface area contributed by atoms with Gasteiger partial charge in [0.2, 0.25) is 0 Å². The van der Waals surface area contributed by atoms with Crippen LogP contribution in [0.15, 0.2) is 30.3 Å². The smallest absolute Gasteiger partial charge is 0.0233 e. The highest BCUT2D eigenvalue weighted by Gasteiger charge is 2.32. The van der Waals surface area contributed by atoms with Gasteiger partial charge in [0.1, 0.15) is 0 Å². The zero-order valence-electron chi connectivity index (χ0n) is 12.3. The standard InChI is InChI=1S/C17H28N2/c1-2-19(13-16-9-5-3-6-10-16)15-17(14-18)11-7-4-8-12-17/h3,5-6,9-10H,2,4,7-8,11-15,18H2,1H3. The fourth-order valence-electron chi connectivity index (χ4n) is 3.32. The normalized spacial score (nSPS) is 18.7. The third-order valence-corrected chi connectivity index (χ3v) is 4.60. The molecule has 1 aromatic rings. The quantitative estimate of drug-likeness (QED) is 0.849. The molecule has 0 radical (unpaired) electrons. The average Bonchev–Trinajstić information content (AvgIpc) is 2.48. The summed E-state index contributed by atoms with van der Waals surface area (Å²) in [4.78, 5) is 2.56. The van der Waals surface area contributed by atoms with Gasteiger partial charge in [-0.25, -0.2) is 0 Å². The van der Waals surface area contributed by atoms with Gasteiger partial charge in [0, 0.05) is 13.1 Å². The number of nitrogens with zero attached hydrogens (tertiary/aromatic N) is 1. The van der Waals surface area contributed by atoms with Crippen molar-refractivity contribution in [3.8, 4) is 0 Å². The molecule has 0 spiro atoms. The maximum Gasteiger partial charge on any atom is 0.0233 e. The lowest BCUT2D eigenvalue weighted by atomic mass is 9.73. The lowest BCUT2D eigenvalue weighted by Gasteiger charge is -2.40. The van der Waals surface area contributed by atoms with Gasteiger partial charge < -0.3 is 5.73 Å². The Morgan fingerprint density at radius 1 is 1.11 bits per heavy atom. The topological polar surface area (TPSA) is 29.3 Å². The summed E-state index contributed by atoms with van der Waals surface area (Å²) in [5.41, 5.74) is 7.90. The molecule has 0 unspecified atom stereocenters. The molecule has 0 aromatic heterocycles. The SMILES string of the molecule is CCN(Cc1ccccc1)CC1(CN)CCCCC1. The molecule has 0 atom stereocenters. The Bertz CT molecular complexity index is 355. The Hall–Kier alpha value is -0.860. The minimum absolute atomic E-state index is 0.378. The number of nitrogens with two attached hydrogens (primary N) is 1. The molecule has 0 aliphatic heterocycles. The largest absolute Gasteiger partial charge is 0.330 e. The Morgan fingerprint density at radius 3 is 2.37 bits per heavy atom. The van der Waals surface area contributed by atoms with Crippen LogP contribution in [0.5, 0.6) is 0 Å². The third-order valence-electron chi connectivity index (χ3n) is 4.60. The molecule has 106 valence electrons. The summed E-state index contributed by atoms with van der Waals surface area (Å²) < 4.78 is 0. The van der Waals surface area contributed by atoms with Crippen molar-refractivity contribution in [3.05, 3.63) is 35.9 Å². The second kappa shape index (κ2) is 7.06. The summed E-state index contributed by atoms with van der Waals surface area (Å²) in [6.45, 7) is 6.43. The van der Waals surface area contributed by atoms with Gasteiger partial charge in [-0.15, -0.1) is 0 Å². The fraction of sp³-hybridized carbons (Fsp3) is 0.647. The highest BCUT2D eigenvalue weighted by atomic mass is 15.1. The second-order valence-corrected chi connectivity index (χ2v) is 6.05. The third kappa shape index (κ3) is 4.05. The molecule has 1 aliphatic carbocycles. The Labute approximate surface area is 118 Å². The minimum Gasteiger partial charge on any atom is -0.330 e. The molecule has 0 amide bonds. The van der Waals surface area contributed by atoms with Gasteiger partial charge in [-0.2, -0.15) is 0 Å². The summed E-state index contributed by atoms with van der Waals surface area (Å²) in [5.74, 6) is 0. The molecule has 0 bridgehead atoms. The molecule has 0 heterocycles. The van der Waals surface area contributed by atoms with Crippen LogP contribution in [0, 0.1) is 5.41 Å². The summed E-state index contributed by atoms with van der Waals surface area (Å²) >= 11 is 0. The van der Waals surface area contributed by atoms with Crippen molar-refractivity contribution in [2.45, 2.75) is 45.6 Å². The van der Waals surface area contributed by atoms with Crippen molar-refractivity contribution in [2.24, 2.45) is 11.1 Å². The molecular formula is C17H28N2. The zero-order chi connectivity index (χ0) is 13.6. The van der Waals surface area contributed by atoms with Crippen molar-refractivity contribution in [3.63, 3.8) is 0 Å². The van der Waals surface area contributed by atoms with Crippen LogP contribution in [-0.4, -0.2) is 24.5 Å². The molecular weight excluding hydrogens is 232 g/mol. The number of rotatable bonds is 6.